The van der Waals surface area contributed by atoms with Crippen molar-refractivity contribution in [3.05, 3.63) is 53.6 Å². The number of carbonyl (C=O) groups is 1. The molecule has 0 heterocycles. The van der Waals surface area contributed by atoms with Gasteiger partial charge in [0.05, 0.1) is 4.90 Å². The molecule has 2 aromatic rings. The van der Waals surface area contributed by atoms with Crippen LogP contribution in [0.3, 0.4) is 0 Å². The molecule has 2 rings (SSSR count). The van der Waals surface area contributed by atoms with Gasteiger partial charge in [0.1, 0.15) is 5.75 Å². The first kappa shape index (κ1) is 17.0. The number of nitrogens with one attached hydrogen (secondary N) is 1. The molecular weight excluding hydrogens is 314 g/mol. The van der Waals surface area contributed by atoms with Crippen LogP contribution in [-0.4, -0.2) is 27.2 Å². The van der Waals surface area contributed by atoms with E-state index in [2.05, 4.69) is 5.32 Å². The van der Waals surface area contributed by atoms with E-state index < -0.39 is 9.84 Å². The lowest BCUT2D eigenvalue weighted by molar-refractivity contribution is -0.118. The van der Waals surface area contributed by atoms with Gasteiger partial charge < -0.3 is 10.1 Å². The molecule has 0 saturated heterocycles. The largest absolute Gasteiger partial charge is 0.483 e. The SMILES string of the molecule is Cc1ccc(C)c(OCC(=O)Nc2ccc(S(C)(=O)=O)cc2)c1. The maximum Gasteiger partial charge on any atom is 0.262 e. The summed E-state index contributed by atoms with van der Waals surface area (Å²) in [4.78, 5) is 12.1. The van der Waals surface area contributed by atoms with E-state index >= 15 is 0 Å². The van der Waals surface area contributed by atoms with Gasteiger partial charge in [0.15, 0.2) is 16.4 Å². The van der Waals surface area contributed by atoms with E-state index in [4.69, 9.17) is 4.74 Å². The Morgan fingerprint density at radius 1 is 1.09 bits per heavy atom. The summed E-state index contributed by atoms with van der Waals surface area (Å²) in [6.07, 6.45) is 1.14. The van der Waals surface area contributed by atoms with Crippen molar-refractivity contribution in [2.75, 3.05) is 18.2 Å². The van der Waals surface area contributed by atoms with Gasteiger partial charge in [-0.3, -0.25) is 4.79 Å². The van der Waals surface area contributed by atoms with Crippen LogP contribution in [0, 0.1) is 13.8 Å². The van der Waals surface area contributed by atoms with Crippen LogP contribution in [0.15, 0.2) is 47.4 Å². The highest BCUT2D eigenvalue weighted by atomic mass is 32.2. The normalized spacial score (nSPS) is 11.1. The summed E-state index contributed by atoms with van der Waals surface area (Å²) in [5.41, 5.74) is 2.54. The summed E-state index contributed by atoms with van der Waals surface area (Å²) in [6.45, 7) is 3.75. The summed E-state index contributed by atoms with van der Waals surface area (Å²) < 4.78 is 28.3. The zero-order chi connectivity index (χ0) is 17.0. The molecule has 0 unspecified atom stereocenters. The van der Waals surface area contributed by atoms with Gasteiger partial charge >= 0.3 is 0 Å². The van der Waals surface area contributed by atoms with Crippen molar-refractivity contribution in [2.24, 2.45) is 0 Å². The molecule has 0 bridgehead atoms. The standard InChI is InChI=1S/C17H19NO4S/c1-12-4-5-13(2)16(10-12)22-11-17(19)18-14-6-8-15(9-7-14)23(3,20)21/h4-10H,11H2,1-3H3,(H,18,19). The molecule has 2 aromatic carbocycles. The third-order valence-corrected chi connectivity index (χ3v) is 4.40. The number of rotatable bonds is 5. The lowest BCUT2D eigenvalue weighted by Crippen LogP contribution is -2.20. The number of aryl methyl sites for hydroxylation is 2. The topological polar surface area (TPSA) is 72.5 Å². The Balaban J connectivity index is 1.96. The van der Waals surface area contributed by atoms with Crippen LogP contribution < -0.4 is 10.1 Å². The monoisotopic (exact) mass is 333 g/mol. The average molecular weight is 333 g/mol. The minimum absolute atomic E-state index is 0.113. The molecule has 0 saturated carbocycles. The average Bonchev–Trinajstić information content (AvgIpc) is 2.48. The number of ether oxygens (including phenoxy) is 1. The van der Waals surface area contributed by atoms with E-state index in [1.165, 1.54) is 12.1 Å². The predicted molar refractivity (Wildman–Crippen MR) is 89.6 cm³/mol. The number of anilines is 1. The Labute approximate surface area is 136 Å². The molecule has 6 heteroatoms. The van der Waals surface area contributed by atoms with Crippen molar-refractivity contribution in [2.45, 2.75) is 18.7 Å². The van der Waals surface area contributed by atoms with E-state index in [1.807, 2.05) is 32.0 Å². The quantitative estimate of drug-likeness (QED) is 0.913. The first-order valence-corrected chi connectivity index (χ1v) is 8.95. The molecule has 0 spiro atoms. The second kappa shape index (κ2) is 6.83. The first-order valence-electron chi connectivity index (χ1n) is 7.06. The molecule has 0 aliphatic heterocycles. The van der Waals surface area contributed by atoms with Crippen molar-refractivity contribution in [3.8, 4) is 5.75 Å². The van der Waals surface area contributed by atoms with Gasteiger partial charge in [-0.1, -0.05) is 12.1 Å². The highest BCUT2D eigenvalue weighted by Crippen LogP contribution is 2.19. The van der Waals surface area contributed by atoms with Gasteiger partial charge in [-0.15, -0.1) is 0 Å². The van der Waals surface area contributed by atoms with E-state index in [1.54, 1.807) is 12.1 Å². The fourth-order valence-corrected chi connectivity index (χ4v) is 2.62. The Morgan fingerprint density at radius 3 is 2.35 bits per heavy atom. The van der Waals surface area contributed by atoms with E-state index in [9.17, 15) is 13.2 Å². The lowest BCUT2D eigenvalue weighted by Gasteiger charge is -2.10. The van der Waals surface area contributed by atoms with Gasteiger partial charge in [0.2, 0.25) is 0 Å². The first-order chi connectivity index (χ1) is 10.8. The van der Waals surface area contributed by atoms with E-state index in [-0.39, 0.29) is 17.4 Å². The second-order valence-corrected chi connectivity index (χ2v) is 7.42. The van der Waals surface area contributed by atoms with Gasteiger partial charge in [-0.2, -0.15) is 0 Å². The highest BCUT2D eigenvalue weighted by molar-refractivity contribution is 7.90. The number of carbonyl (C=O) groups excluding carboxylic acids is 1. The molecule has 0 aliphatic rings. The smallest absolute Gasteiger partial charge is 0.262 e. The molecule has 0 radical (unpaired) electrons. The summed E-state index contributed by atoms with van der Waals surface area (Å²) in [5, 5.41) is 2.67. The fourth-order valence-electron chi connectivity index (χ4n) is 1.99. The van der Waals surface area contributed by atoms with Gasteiger partial charge in [-0.05, 0) is 55.3 Å². The number of hydrogen-bond donors (Lipinski definition) is 1. The van der Waals surface area contributed by atoms with E-state index in [0.717, 1.165) is 17.4 Å². The third kappa shape index (κ3) is 4.82. The molecule has 23 heavy (non-hydrogen) atoms. The second-order valence-electron chi connectivity index (χ2n) is 5.40. The van der Waals surface area contributed by atoms with Crippen LogP contribution >= 0.6 is 0 Å². The molecule has 0 aliphatic carbocycles. The number of hydrogen-bond acceptors (Lipinski definition) is 4. The van der Waals surface area contributed by atoms with Gasteiger partial charge in [0.25, 0.3) is 5.91 Å². The Hall–Kier alpha value is -2.34. The van der Waals surface area contributed by atoms with Crippen LogP contribution in [0.1, 0.15) is 11.1 Å². The Morgan fingerprint density at radius 2 is 1.74 bits per heavy atom. The molecule has 0 aromatic heterocycles. The molecule has 1 N–H and O–H groups in total. The molecule has 0 fully saturated rings. The predicted octanol–water partition coefficient (Wildman–Crippen LogP) is 2.72. The fraction of sp³-hybridized carbons (Fsp3) is 0.235. The number of amides is 1. The van der Waals surface area contributed by atoms with Gasteiger partial charge in [0, 0.05) is 11.9 Å². The number of sulfone groups is 1. The molecular formula is C17H19NO4S. The Bertz CT molecular complexity index is 811. The molecule has 5 nitrogen and oxygen atoms in total. The minimum atomic E-state index is -3.24. The van der Waals surface area contributed by atoms with Crippen LogP contribution in [0.5, 0.6) is 5.75 Å². The maximum absolute atomic E-state index is 11.9. The van der Waals surface area contributed by atoms with Crippen LogP contribution in [0.4, 0.5) is 5.69 Å². The Kier molecular flexibility index (Phi) is 5.05. The number of benzene rings is 2. The lowest BCUT2D eigenvalue weighted by atomic mass is 10.1. The minimum Gasteiger partial charge on any atom is -0.483 e. The van der Waals surface area contributed by atoms with Crippen molar-refractivity contribution in [1.29, 1.82) is 0 Å². The molecule has 122 valence electrons. The highest BCUT2D eigenvalue weighted by Gasteiger charge is 2.08. The van der Waals surface area contributed by atoms with Crippen LogP contribution in [0.2, 0.25) is 0 Å². The zero-order valence-electron chi connectivity index (χ0n) is 13.3. The van der Waals surface area contributed by atoms with E-state index in [0.29, 0.717) is 11.4 Å². The summed E-state index contributed by atoms with van der Waals surface area (Å²) in [5.74, 6) is 0.366. The summed E-state index contributed by atoms with van der Waals surface area (Å²) in [6, 6.07) is 11.8. The third-order valence-electron chi connectivity index (χ3n) is 3.27. The van der Waals surface area contributed by atoms with Crippen molar-refractivity contribution in [3.63, 3.8) is 0 Å². The molecule has 0 atom stereocenters. The van der Waals surface area contributed by atoms with Crippen molar-refractivity contribution >= 4 is 21.4 Å². The summed E-state index contributed by atoms with van der Waals surface area (Å²) >= 11 is 0. The van der Waals surface area contributed by atoms with Crippen LogP contribution in [-0.2, 0) is 14.6 Å². The molecule has 1 amide bonds. The van der Waals surface area contributed by atoms with Crippen LogP contribution in [0.25, 0.3) is 0 Å². The van der Waals surface area contributed by atoms with Crippen molar-refractivity contribution in [1.82, 2.24) is 0 Å². The van der Waals surface area contributed by atoms with Crippen molar-refractivity contribution < 1.29 is 17.9 Å². The summed E-state index contributed by atoms with van der Waals surface area (Å²) in [7, 11) is -3.24. The zero-order valence-corrected chi connectivity index (χ0v) is 14.1. The maximum atomic E-state index is 11.9. The van der Waals surface area contributed by atoms with Gasteiger partial charge in [-0.25, -0.2) is 8.42 Å².